The summed E-state index contributed by atoms with van der Waals surface area (Å²) >= 11 is 3.32. The SMILES string of the molecule is O=Cc1cc(F)cc(Oc2ccccc2Br)c1. The highest BCUT2D eigenvalue weighted by Crippen LogP contribution is 2.29. The highest BCUT2D eigenvalue weighted by atomic mass is 79.9. The van der Waals surface area contributed by atoms with Crippen molar-refractivity contribution in [3.63, 3.8) is 0 Å². The Balaban J connectivity index is 2.33. The van der Waals surface area contributed by atoms with E-state index in [1.165, 1.54) is 12.1 Å². The van der Waals surface area contributed by atoms with Crippen LogP contribution in [-0.2, 0) is 0 Å². The number of hydrogen-bond donors (Lipinski definition) is 0. The Hall–Kier alpha value is -1.68. The van der Waals surface area contributed by atoms with E-state index in [4.69, 9.17) is 4.74 Å². The van der Waals surface area contributed by atoms with Crippen molar-refractivity contribution < 1.29 is 13.9 Å². The number of halogens is 2. The quantitative estimate of drug-likeness (QED) is 0.793. The number of carbonyl (C=O) groups excluding carboxylic acids is 1. The molecule has 0 aliphatic heterocycles. The molecular formula is C13H8BrFO2. The standard InChI is InChI=1S/C13H8BrFO2/c14-12-3-1-2-4-13(12)17-11-6-9(8-16)5-10(15)7-11/h1-8H. The molecule has 0 bridgehead atoms. The van der Waals surface area contributed by atoms with Crippen molar-refractivity contribution in [2.45, 2.75) is 0 Å². The van der Waals surface area contributed by atoms with Gasteiger partial charge in [0.05, 0.1) is 4.47 Å². The predicted octanol–water partition coefficient (Wildman–Crippen LogP) is 4.19. The van der Waals surface area contributed by atoms with Crippen LogP contribution in [0.2, 0.25) is 0 Å². The molecule has 0 aliphatic rings. The maximum atomic E-state index is 13.2. The van der Waals surface area contributed by atoms with E-state index in [2.05, 4.69) is 15.9 Å². The van der Waals surface area contributed by atoms with Gasteiger partial charge in [0.2, 0.25) is 0 Å². The summed E-state index contributed by atoms with van der Waals surface area (Å²) in [6, 6.07) is 11.1. The molecule has 0 atom stereocenters. The van der Waals surface area contributed by atoms with Gasteiger partial charge in [0.1, 0.15) is 23.6 Å². The van der Waals surface area contributed by atoms with Crippen LogP contribution < -0.4 is 4.74 Å². The van der Waals surface area contributed by atoms with Gasteiger partial charge in [-0.3, -0.25) is 4.79 Å². The summed E-state index contributed by atoms with van der Waals surface area (Å²) in [5.41, 5.74) is 0.243. The molecule has 0 radical (unpaired) electrons. The summed E-state index contributed by atoms with van der Waals surface area (Å²) in [5, 5.41) is 0. The van der Waals surface area contributed by atoms with Gasteiger partial charge in [-0.2, -0.15) is 0 Å². The van der Waals surface area contributed by atoms with Crippen LogP contribution in [-0.4, -0.2) is 6.29 Å². The molecule has 4 heteroatoms. The number of benzene rings is 2. The molecule has 0 saturated heterocycles. The zero-order valence-electron chi connectivity index (χ0n) is 8.69. The topological polar surface area (TPSA) is 26.3 Å². The van der Waals surface area contributed by atoms with E-state index in [1.807, 2.05) is 12.1 Å². The van der Waals surface area contributed by atoms with Crippen molar-refractivity contribution in [1.82, 2.24) is 0 Å². The van der Waals surface area contributed by atoms with Gasteiger partial charge in [-0.15, -0.1) is 0 Å². The number of rotatable bonds is 3. The Kier molecular flexibility index (Phi) is 3.54. The first-order valence-corrected chi connectivity index (χ1v) is 5.66. The van der Waals surface area contributed by atoms with Gasteiger partial charge in [0, 0.05) is 11.6 Å². The van der Waals surface area contributed by atoms with E-state index in [0.717, 1.165) is 10.5 Å². The van der Waals surface area contributed by atoms with E-state index >= 15 is 0 Å². The molecular weight excluding hydrogens is 287 g/mol. The third kappa shape index (κ3) is 2.91. The lowest BCUT2D eigenvalue weighted by Crippen LogP contribution is -1.89. The maximum Gasteiger partial charge on any atom is 0.150 e. The largest absolute Gasteiger partial charge is 0.456 e. The van der Waals surface area contributed by atoms with Gasteiger partial charge >= 0.3 is 0 Å². The molecule has 0 N–H and O–H groups in total. The van der Waals surface area contributed by atoms with Gasteiger partial charge in [-0.1, -0.05) is 12.1 Å². The highest BCUT2D eigenvalue weighted by Gasteiger charge is 2.04. The lowest BCUT2D eigenvalue weighted by atomic mass is 10.2. The Morgan fingerprint density at radius 2 is 1.94 bits per heavy atom. The Morgan fingerprint density at radius 1 is 1.18 bits per heavy atom. The first-order valence-electron chi connectivity index (χ1n) is 4.87. The molecule has 86 valence electrons. The highest BCUT2D eigenvalue weighted by molar-refractivity contribution is 9.10. The summed E-state index contributed by atoms with van der Waals surface area (Å²) < 4.78 is 19.4. The second-order valence-electron chi connectivity index (χ2n) is 3.37. The Morgan fingerprint density at radius 3 is 2.65 bits per heavy atom. The van der Waals surface area contributed by atoms with E-state index in [1.54, 1.807) is 12.1 Å². The fourth-order valence-electron chi connectivity index (χ4n) is 1.37. The summed E-state index contributed by atoms with van der Waals surface area (Å²) in [6.45, 7) is 0. The van der Waals surface area contributed by atoms with Crippen LogP contribution in [0, 0.1) is 5.82 Å². The molecule has 2 aromatic rings. The lowest BCUT2D eigenvalue weighted by Gasteiger charge is -2.07. The lowest BCUT2D eigenvalue weighted by molar-refractivity contribution is 0.112. The minimum absolute atomic E-state index is 0.243. The van der Waals surface area contributed by atoms with Gasteiger partial charge in [0.15, 0.2) is 0 Å². The van der Waals surface area contributed by atoms with E-state index < -0.39 is 5.82 Å². The van der Waals surface area contributed by atoms with Gasteiger partial charge < -0.3 is 4.74 Å². The summed E-state index contributed by atoms with van der Waals surface area (Å²) in [6.07, 6.45) is 0.579. The minimum Gasteiger partial charge on any atom is -0.456 e. The second-order valence-corrected chi connectivity index (χ2v) is 4.22. The van der Waals surface area contributed by atoms with Crippen molar-refractivity contribution in [2.24, 2.45) is 0 Å². The Labute approximate surface area is 106 Å². The second kappa shape index (κ2) is 5.10. The normalized spacial score (nSPS) is 10.0. The molecule has 17 heavy (non-hydrogen) atoms. The van der Waals surface area contributed by atoms with E-state index in [9.17, 15) is 9.18 Å². The average Bonchev–Trinajstić information content (AvgIpc) is 2.31. The molecule has 0 saturated carbocycles. The van der Waals surface area contributed by atoms with Crippen molar-refractivity contribution in [3.05, 3.63) is 58.3 Å². The van der Waals surface area contributed by atoms with Crippen LogP contribution in [0.1, 0.15) is 10.4 Å². The van der Waals surface area contributed by atoms with Gasteiger partial charge in [-0.25, -0.2) is 4.39 Å². The fraction of sp³-hybridized carbons (Fsp3) is 0. The molecule has 2 nitrogen and oxygen atoms in total. The van der Waals surface area contributed by atoms with Crippen molar-refractivity contribution in [3.8, 4) is 11.5 Å². The first-order chi connectivity index (χ1) is 8.19. The third-order valence-electron chi connectivity index (χ3n) is 2.09. The van der Waals surface area contributed by atoms with Crippen molar-refractivity contribution in [2.75, 3.05) is 0 Å². The molecule has 0 unspecified atom stereocenters. The first kappa shape index (κ1) is 11.8. The molecule has 2 rings (SSSR count). The van der Waals surface area contributed by atoms with Crippen molar-refractivity contribution >= 4 is 22.2 Å². The smallest absolute Gasteiger partial charge is 0.150 e. The summed E-state index contributed by atoms with van der Waals surface area (Å²) in [4.78, 5) is 10.6. The number of hydrogen-bond acceptors (Lipinski definition) is 2. The number of para-hydroxylation sites is 1. The van der Waals surface area contributed by atoms with E-state index in [0.29, 0.717) is 17.8 Å². The predicted molar refractivity (Wildman–Crippen MR) is 66.0 cm³/mol. The van der Waals surface area contributed by atoms with Crippen molar-refractivity contribution in [1.29, 1.82) is 0 Å². The summed E-state index contributed by atoms with van der Waals surface area (Å²) in [7, 11) is 0. The van der Waals surface area contributed by atoms with Gasteiger partial charge in [0.25, 0.3) is 0 Å². The van der Waals surface area contributed by atoms with Crippen LogP contribution in [0.25, 0.3) is 0 Å². The third-order valence-corrected chi connectivity index (χ3v) is 2.75. The minimum atomic E-state index is -0.503. The molecule has 0 amide bonds. The zero-order chi connectivity index (χ0) is 12.3. The molecule has 0 aromatic heterocycles. The molecule has 2 aromatic carbocycles. The molecule has 0 aliphatic carbocycles. The number of ether oxygens (including phenoxy) is 1. The average molecular weight is 295 g/mol. The van der Waals surface area contributed by atoms with Crippen LogP contribution in [0.5, 0.6) is 11.5 Å². The number of carbonyl (C=O) groups is 1. The van der Waals surface area contributed by atoms with Crippen LogP contribution in [0.3, 0.4) is 0 Å². The van der Waals surface area contributed by atoms with E-state index in [-0.39, 0.29) is 5.56 Å². The van der Waals surface area contributed by atoms with Gasteiger partial charge in [-0.05, 0) is 40.2 Å². The molecule has 0 fully saturated rings. The molecule has 0 heterocycles. The van der Waals surface area contributed by atoms with Crippen LogP contribution in [0.15, 0.2) is 46.9 Å². The van der Waals surface area contributed by atoms with Crippen LogP contribution >= 0.6 is 15.9 Å². The van der Waals surface area contributed by atoms with Crippen LogP contribution in [0.4, 0.5) is 4.39 Å². The number of aldehydes is 1. The summed E-state index contributed by atoms with van der Waals surface area (Å²) in [5.74, 6) is 0.352. The molecule has 0 spiro atoms. The zero-order valence-corrected chi connectivity index (χ0v) is 10.3. The Bertz CT molecular complexity index is 555. The maximum absolute atomic E-state index is 13.2. The fourth-order valence-corrected chi connectivity index (χ4v) is 1.73. The monoisotopic (exact) mass is 294 g/mol.